The average molecular weight is 580 g/mol. The molecule has 45 heavy (non-hydrogen) atoms. The van der Waals surface area contributed by atoms with Crippen LogP contribution in [0.3, 0.4) is 0 Å². The third-order valence-electron chi connectivity index (χ3n) is 8.54. The van der Waals surface area contributed by atoms with Gasteiger partial charge in [0.25, 0.3) is 0 Å². The first-order valence-corrected chi connectivity index (χ1v) is 14.8. The maximum Gasteiger partial charge on any atom is 0.164 e. The Morgan fingerprint density at radius 2 is 0.644 bits per heavy atom. The Balaban J connectivity index is 1.19. The fourth-order valence-electron chi connectivity index (χ4n) is 6.36. The van der Waals surface area contributed by atoms with Crippen molar-refractivity contribution >= 4 is 65.8 Å². The zero-order chi connectivity index (χ0) is 29.5. The monoisotopic (exact) mass is 579 g/mol. The maximum atomic E-state index is 6.21. The maximum absolute atomic E-state index is 6.21. The highest BCUT2D eigenvalue weighted by molar-refractivity contribution is 6.08. The summed E-state index contributed by atoms with van der Waals surface area (Å²) < 4.78 is 18.5. The lowest BCUT2D eigenvalue weighted by Crippen LogP contribution is -2.00. The van der Waals surface area contributed by atoms with E-state index in [0.717, 1.165) is 82.5 Å². The molecule has 0 spiro atoms. The van der Waals surface area contributed by atoms with Crippen LogP contribution in [0.25, 0.3) is 100.0 Å². The van der Waals surface area contributed by atoms with Gasteiger partial charge < -0.3 is 13.3 Å². The number of nitrogens with zero attached hydrogens (tertiary/aromatic N) is 3. The molecule has 6 aromatic carbocycles. The van der Waals surface area contributed by atoms with Crippen LogP contribution in [0.15, 0.2) is 141 Å². The number of hydrogen-bond donors (Lipinski definition) is 0. The van der Waals surface area contributed by atoms with Crippen molar-refractivity contribution < 1.29 is 13.3 Å². The quantitative estimate of drug-likeness (QED) is 0.207. The normalized spacial score (nSPS) is 12.0. The van der Waals surface area contributed by atoms with Crippen LogP contribution >= 0.6 is 0 Å². The molecule has 0 aliphatic heterocycles. The first-order valence-electron chi connectivity index (χ1n) is 14.8. The SMILES string of the molecule is c1ccc2c(c1)oc1cc(-c3nc(-c4ccc5c(c4)oc4ccccc45)nc(-c4ccc5oc6ccccc6c5c4)n3)ccc12. The second kappa shape index (κ2) is 9.11. The zero-order valence-corrected chi connectivity index (χ0v) is 23.7. The third-order valence-corrected chi connectivity index (χ3v) is 8.54. The molecule has 0 atom stereocenters. The minimum atomic E-state index is 0.555. The molecule has 0 amide bonds. The van der Waals surface area contributed by atoms with Gasteiger partial charge in [0, 0.05) is 49.0 Å². The van der Waals surface area contributed by atoms with Crippen molar-refractivity contribution in [2.45, 2.75) is 0 Å². The fraction of sp³-hybridized carbons (Fsp3) is 0. The number of furan rings is 3. The summed E-state index contributed by atoms with van der Waals surface area (Å²) >= 11 is 0. The van der Waals surface area contributed by atoms with Crippen molar-refractivity contribution in [2.75, 3.05) is 0 Å². The topological polar surface area (TPSA) is 78.1 Å². The van der Waals surface area contributed by atoms with Gasteiger partial charge in [-0.2, -0.15) is 0 Å². The minimum absolute atomic E-state index is 0.555. The van der Waals surface area contributed by atoms with Crippen LogP contribution in [0.5, 0.6) is 0 Å². The first-order chi connectivity index (χ1) is 22.2. The van der Waals surface area contributed by atoms with Crippen LogP contribution in [-0.4, -0.2) is 15.0 Å². The Bertz CT molecular complexity index is 2650. The molecule has 0 fully saturated rings. The number of benzene rings is 6. The lowest BCUT2D eigenvalue weighted by Gasteiger charge is -2.09. The molecule has 0 aliphatic carbocycles. The van der Waals surface area contributed by atoms with Gasteiger partial charge >= 0.3 is 0 Å². The summed E-state index contributed by atoms with van der Waals surface area (Å²) in [6, 6.07) is 42.5. The van der Waals surface area contributed by atoms with E-state index in [-0.39, 0.29) is 0 Å². The standard InChI is InChI=1S/C39H21N3O3/c1-4-10-31-25(7-1)28-16-13-23(20-35(28)44-31)38-40-37(22-15-18-34-30(19-22)27-9-3-6-12-33(27)43-34)41-39(42-38)24-14-17-29-26-8-2-5-11-32(26)45-36(29)21-24/h1-21H. The smallest absolute Gasteiger partial charge is 0.164 e. The minimum Gasteiger partial charge on any atom is -0.456 e. The zero-order valence-electron chi connectivity index (χ0n) is 23.7. The Morgan fingerprint density at radius 3 is 1.16 bits per heavy atom. The Morgan fingerprint density at radius 1 is 0.289 bits per heavy atom. The van der Waals surface area contributed by atoms with Crippen molar-refractivity contribution in [2.24, 2.45) is 0 Å². The Labute approximate surface area is 255 Å². The van der Waals surface area contributed by atoms with E-state index in [1.807, 2.05) is 91.0 Å². The molecule has 0 N–H and O–H groups in total. The van der Waals surface area contributed by atoms with Gasteiger partial charge in [-0.05, 0) is 60.7 Å². The van der Waals surface area contributed by atoms with Gasteiger partial charge in [0.2, 0.25) is 0 Å². The van der Waals surface area contributed by atoms with Crippen molar-refractivity contribution in [1.29, 1.82) is 0 Å². The molecule has 6 heteroatoms. The second-order valence-corrected chi connectivity index (χ2v) is 11.2. The summed E-state index contributed by atoms with van der Waals surface area (Å²) in [7, 11) is 0. The molecular weight excluding hydrogens is 558 g/mol. The lowest BCUT2D eigenvalue weighted by atomic mass is 10.1. The molecule has 10 rings (SSSR count). The molecule has 4 aromatic heterocycles. The van der Waals surface area contributed by atoms with E-state index < -0.39 is 0 Å². The van der Waals surface area contributed by atoms with Gasteiger partial charge in [0.15, 0.2) is 17.5 Å². The van der Waals surface area contributed by atoms with Crippen LogP contribution in [0, 0.1) is 0 Å². The van der Waals surface area contributed by atoms with E-state index >= 15 is 0 Å². The molecule has 4 heterocycles. The first kappa shape index (κ1) is 24.2. The van der Waals surface area contributed by atoms with Crippen LogP contribution in [0.1, 0.15) is 0 Å². The van der Waals surface area contributed by atoms with E-state index in [0.29, 0.717) is 17.5 Å². The van der Waals surface area contributed by atoms with Gasteiger partial charge in [-0.25, -0.2) is 15.0 Å². The molecule has 0 unspecified atom stereocenters. The lowest BCUT2D eigenvalue weighted by molar-refractivity contribution is 0.668. The summed E-state index contributed by atoms with van der Waals surface area (Å²) in [5, 5.41) is 6.33. The summed E-state index contributed by atoms with van der Waals surface area (Å²) in [6.45, 7) is 0. The van der Waals surface area contributed by atoms with E-state index in [2.05, 4.69) is 36.4 Å². The predicted molar refractivity (Wildman–Crippen MR) is 178 cm³/mol. The third kappa shape index (κ3) is 3.72. The highest BCUT2D eigenvalue weighted by Crippen LogP contribution is 2.36. The van der Waals surface area contributed by atoms with Crippen LogP contribution in [0.2, 0.25) is 0 Å². The molecule has 0 radical (unpaired) electrons. The molecule has 0 aliphatic rings. The summed E-state index contributed by atoms with van der Waals surface area (Å²) in [4.78, 5) is 15.0. The summed E-state index contributed by atoms with van der Waals surface area (Å²) in [5.41, 5.74) is 7.48. The number of rotatable bonds is 3. The van der Waals surface area contributed by atoms with Crippen molar-refractivity contribution in [1.82, 2.24) is 15.0 Å². The van der Waals surface area contributed by atoms with Crippen LogP contribution < -0.4 is 0 Å². The van der Waals surface area contributed by atoms with Gasteiger partial charge in [0.1, 0.15) is 33.5 Å². The molecule has 10 aromatic rings. The number of hydrogen-bond acceptors (Lipinski definition) is 6. The average Bonchev–Trinajstić information content (AvgIpc) is 3.78. The Kier molecular flexibility index (Phi) is 4.90. The summed E-state index contributed by atoms with van der Waals surface area (Å²) in [6.07, 6.45) is 0. The van der Waals surface area contributed by atoms with Gasteiger partial charge in [0.05, 0.1) is 0 Å². The number of fused-ring (bicyclic) bond motifs is 9. The van der Waals surface area contributed by atoms with Crippen molar-refractivity contribution in [3.05, 3.63) is 127 Å². The molecule has 210 valence electrons. The highest BCUT2D eigenvalue weighted by atomic mass is 16.3. The van der Waals surface area contributed by atoms with E-state index in [9.17, 15) is 0 Å². The molecule has 0 saturated carbocycles. The molecule has 0 saturated heterocycles. The predicted octanol–water partition coefficient (Wildman–Crippen LogP) is 10.6. The molecule has 0 bridgehead atoms. The van der Waals surface area contributed by atoms with E-state index in [1.165, 1.54) is 0 Å². The second-order valence-electron chi connectivity index (χ2n) is 11.2. The van der Waals surface area contributed by atoms with Crippen molar-refractivity contribution in [3.63, 3.8) is 0 Å². The van der Waals surface area contributed by atoms with Gasteiger partial charge in [-0.15, -0.1) is 0 Å². The highest BCUT2D eigenvalue weighted by Gasteiger charge is 2.17. The van der Waals surface area contributed by atoms with Crippen molar-refractivity contribution in [3.8, 4) is 34.2 Å². The largest absolute Gasteiger partial charge is 0.456 e. The number of aromatic nitrogens is 3. The molecular formula is C39H21N3O3. The van der Waals surface area contributed by atoms with E-state index in [4.69, 9.17) is 28.2 Å². The van der Waals surface area contributed by atoms with Crippen LogP contribution in [0.4, 0.5) is 0 Å². The fourth-order valence-corrected chi connectivity index (χ4v) is 6.36. The molecule has 6 nitrogen and oxygen atoms in total. The summed E-state index contributed by atoms with van der Waals surface area (Å²) in [5.74, 6) is 1.68. The number of para-hydroxylation sites is 3. The Hall–Kier alpha value is -6.27. The van der Waals surface area contributed by atoms with Gasteiger partial charge in [-0.3, -0.25) is 0 Å². The van der Waals surface area contributed by atoms with Gasteiger partial charge in [-0.1, -0.05) is 66.7 Å². The van der Waals surface area contributed by atoms with E-state index in [1.54, 1.807) is 0 Å². The van der Waals surface area contributed by atoms with Crippen LogP contribution in [-0.2, 0) is 0 Å².